The van der Waals surface area contributed by atoms with E-state index in [4.69, 9.17) is 4.84 Å². The molecule has 0 aliphatic heterocycles. The Bertz CT molecular complexity index is 185. The highest BCUT2D eigenvalue weighted by Gasteiger charge is 1.93. The van der Waals surface area contributed by atoms with E-state index in [1.807, 2.05) is 19.1 Å². The first kappa shape index (κ1) is 6.58. The summed E-state index contributed by atoms with van der Waals surface area (Å²) >= 11 is 1.63. The molecule has 0 fully saturated rings. The molecule has 0 bridgehead atoms. The van der Waals surface area contributed by atoms with Crippen LogP contribution in [0.25, 0.3) is 0 Å². The molecule has 0 aromatic carbocycles. The third-order valence-electron chi connectivity index (χ3n) is 0.918. The number of hydrogen-bond donors (Lipinski definition) is 1. The first-order valence-electron chi connectivity index (χ1n) is 2.73. The van der Waals surface area contributed by atoms with E-state index in [0.29, 0.717) is 0 Å². The molecule has 0 amide bonds. The summed E-state index contributed by atoms with van der Waals surface area (Å²) in [4.78, 5) is 6.26. The van der Waals surface area contributed by atoms with E-state index in [-0.39, 0.29) is 0 Å². The second-order valence-corrected chi connectivity index (χ2v) is 2.92. The molecule has 0 spiro atoms. The van der Waals surface area contributed by atoms with Gasteiger partial charge in [0.15, 0.2) is 0 Å². The molecule has 9 heavy (non-hydrogen) atoms. The first-order chi connectivity index (χ1) is 4.33. The Morgan fingerprint density at radius 3 is 2.78 bits per heavy atom. The quantitative estimate of drug-likeness (QED) is 0.634. The molecule has 1 N–H and O–H groups in total. The Hall–Kier alpha value is -0.540. The van der Waals surface area contributed by atoms with Crippen LogP contribution in [0.2, 0.25) is 0 Å². The van der Waals surface area contributed by atoms with E-state index in [1.165, 1.54) is 4.88 Å². The zero-order valence-corrected chi connectivity index (χ0v) is 6.29. The van der Waals surface area contributed by atoms with Crippen LogP contribution in [0.3, 0.4) is 0 Å². The van der Waals surface area contributed by atoms with Gasteiger partial charge in [-0.2, -0.15) is 5.48 Å². The van der Waals surface area contributed by atoms with Gasteiger partial charge in [0.1, 0.15) is 0 Å². The number of rotatable bonds is 2. The molecule has 0 saturated heterocycles. The lowest BCUT2D eigenvalue weighted by Crippen LogP contribution is -2.09. The van der Waals surface area contributed by atoms with Gasteiger partial charge < -0.3 is 4.84 Å². The van der Waals surface area contributed by atoms with Gasteiger partial charge in [0.05, 0.1) is 0 Å². The molecular weight excluding hydrogens is 134 g/mol. The fraction of sp³-hybridized carbons (Fsp3) is 0.333. The average molecular weight is 143 g/mol. The van der Waals surface area contributed by atoms with E-state index < -0.39 is 0 Å². The van der Waals surface area contributed by atoms with E-state index >= 15 is 0 Å². The Morgan fingerprint density at radius 2 is 2.33 bits per heavy atom. The molecule has 0 aliphatic rings. The molecule has 1 heterocycles. The number of hydroxylamine groups is 1. The second kappa shape index (κ2) is 2.85. The predicted molar refractivity (Wildman–Crippen MR) is 38.7 cm³/mol. The summed E-state index contributed by atoms with van der Waals surface area (Å²) in [6.07, 6.45) is 0. The Morgan fingerprint density at radius 1 is 1.56 bits per heavy atom. The third-order valence-corrected chi connectivity index (χ3v) is 1.80. The van der Waals surface area contributed by atoms with Crippen molar-refractivity contribution >= 4 is 11.3 Å². The maximum absolute atomic E-state index is 5.00. The molecular formula is C6H9NOS. The first-order valence-corrected chi connectivity index (χ1v) is 3.54. The van der Waals surface area contributed by atoms with Gasteiger partial charge in [0.2, 0.25) is 5.06 Å². The van der Waals surface area contributed by atoms with Gasteiger partial charge >= 0.3 is 0 Å². The number of aryl methyl sites for hydroxylation is 1. The van der Waals surface area contributed by atoms with Gasteiger partial charge in [0.25, 0.3) is 0 Å². The summed E-state index contributed by atoms with van der Waals surface area (Å²) in [5.74, 6) is 0. The van der Waals surface area contributed by atoms with Crippen molar-refractivity contribution in [2.45, 2.75) is 6.92 Å². The van der Waals surface area contributed by atoms with Crippen LogP contribution in [0.15, 0.2) is 12.1 Å². The van der Waals surface area contributed by atoms with Crippen molar-refractivity contribution in [1.29, 1.82) is 0 Å². The van der Waals surface area contributed by atoms with Crippen molar-refractivity contribution < 1.29 is 4.84 Å². The van der Waals surface area contributed by atoms with Gasteiger partial charge in [-0.3, -0.25) is 0 Å². The number of nitrogens with one attached hydrogen (secondary N) is 1. The second-order valence-electron chi connectivity index (χ2n) is 1.67. The maximum Gasteiger partial charge on any atom is 0.200 e. The van der Waals surface area contributed by atoms with Crippen molar-refractivity contribution in [1.82, 2.24) is 5.48 Å². The largest absolute Gasteiger partial charge is 0.398 e. The Balaban J connectivity index is 2.61. The lowest BCUT2D eigenvalue weighted by molar-refractivity contribution is 0.231. The van der Waals surface area contributed by atoms with Crippen LogP contribution in [-0.2, 0) is 0 Å². The highest BCUT2D eigenvalue weighted by Crippen LogP contribution is 2.21. The van der Waals surface area contributed by atoms with Crippen LogP contribution in [0.5, 0.6) is 5.06 Å². The van der Waals surface area contributed by atoms with Crippen LogP contribution in [0.4, 0.5) is 0 Å². The molecule has 0 aliphatic carbocycles. The smallest absolute Gasteiger partial charge is 0.200 e. The highest BCUT2D eigenvalue weighted by atomic mass is 32.1. The fourth-order valence-electron chi connectivity index (χ4n) is 0.568. The maximum atomic E-state index is 5.00. The van der Waals surface area contributed by atoms with Crippen LogP contribution in [0.1, 0.15) is 4.88 Å². The zero-order valence-electron chi connectivity index (χ0n) is 5.47. The average Bonchev–Trinajstić information content (AvgIpc) is 2.17. The summed E-state index contributed by atoms with van der Waals surface area (Å²) in [5, 5.41) is 0.912. The van der Waals surface area contributed by atoms with Gasteiger partial charge in [0, 0.05) is 11.9 Å². The van der Waals surface area contributed by atoms with E-state index in [2.05, 4.69) is 5.48 Å². The molecule has 0 radical (unpaired) electrons. The van der Waals surface area contributed by atoms with Crippen molar-refractivity contribution in [2.24, 2.45) is 0 Å². The molecule has 0 atom stereocenters. The van der Waals surface area contributed by atoms with E-state index in [0.717, 1.165) is 5.06 Å². The molecule has 1 aromatic heterocycles. The van der Waals surface area contributed by atoms with E-state index in [1.54, 1.807) is 18.4 Å². The Labute approximate surface area is 58.4 Å². The standard InChI is InChI=1S/C6H9NOS/c1-5-3-4-6(9-5)8-7-2/h3-4,7H,1-2H3. The summed E-state index contributed by atoms with van der Waals surface area (Å²) in [5.41, 5.74) is 2.61. The number of hydrogen-bond acceptors (Lipinski definition) is 3. The van der Waals surface area contributed by atoms with Crippen LogP contribution in [-0.4, -0.2) is 7.05 Å². The van der Waals surface area contributed by atoms with Crippen molar-refractivity contribution in [3.63, 3.8) is 0 Å². The Kier molecular flexibility index (Phi) is 2.08. The SMILES string of the molecule is CNOc1ccc(C)s1. The third kappa shape index (κ3) is 1.69. The normalized spacial score (nSPS) is 9.56. The summed E-state index contributed by atoms with van der Waals surface area (Å²) < 4.78 is 0. The van der Waals surface area contributed by atoms with E-state index in [9.17, 15) is 0 Å². The highest BCUT2D eigenvalue weighted by molar-refractivity contribution is 7.13. The topological polar surface area (TPSA) is 21.3 Å². The lowest BCUT2D eigenvalue weighted by Gasteiger charge is -1.94. The van der Waals surface area contributed by atoms with Gasteiger partial charge in [-0.15, -0.1) is 11.3 Å². The number of thiophene rings is 1. The fourth-order valence-corrected chi connectivity index (χ4v) is 1.28. The van der Waals surface area contributed by atoms with Crippen molar-refractivity contribution in [3.8, 4) is 5.06 Å². The summed E-state index contributed by atoms with van der Waals surface area (Å²) in [7, 11) is 1.75. The summed E-state index contributed by atoms with van der Waals surface area (Å²) in [6.45, 7) is 2.05. The van der Waals surface area contributed by atoms with Crippen LogP contribution in [0, 0.1) is 6.92 Å². The van der Waals surface area contributed by atoms with Crippen molar-refractivity contribution in [2.75, 3.05) is 7.05 Å². The zero-order chi connectivity index (χ0) is 6.69. The minimum absolute atomic E-state index is 0.912. The lowest BCUT2D eigenvalue weighted by atomic mass is 10.5. The molecule has 1 rings (SSSR count). The minimum atomic E-state index is 0.912. The molecule has 1 aromatic rings. The predicted octanol–water partition coefficient (Wildman–Crippen LogP) is 1.57. The van der Waals surface area contributed by atoms with Crippen LogP contribution >= 0.6 is 11.3 Å². The van der Waals surface area contributed by atoms with Crippen molar-refractivity contribution in [3.05, 3.63) is 17.0 Å². The van der Waals surface area contributed by atoms with Gasteiger partial charge in [-0.1, -0.05) is 0 Å². The molecule has 0 saturated carbocycles. The molecule has 0 unspecified atom stereocenters. The minimum Gasteiger partial charge on any atom is -0.398 e. The molecule has 2 nitrogen and oxygen atoms in total. The summed E-state index contributed by atoms with van der Waals surface area (Å²) in [6, 6.07) is 3.97. The molecule has 50 valence electrons. The molecule has 3 heteroatoms. The van der Waals surface area contributed by atoms with Gasteiger partial charge in [-0.25, -0.2) is 0 Å². The monoisotopic (exact) mass is 143 g/mol. The van der Waals surface area contributed by atoms with Crippen LogP contribution < -0.4 is 10.3 Å². The van der Waals surface area contributed by atoms with Gasteiger partial charge in [-0.05, 0) is 19.1 Å².